The van der Waals surface area contributed by atoms with Gasteiger partial charge in [-0.05, 0) is 42.8 Å². The Morgan fingerprint density at radius 1 is 1.23 bits per heavy atom. The summed E-state index contributed by atoms with van der Waals surface area (Å²) in [4.78, 5) is 16.2. The number of aromatic nitrogens is 2. The molecule has 4 nitrogen and oxygen atoms in total. The van der Waals surface area contributed by atoms with Crippen LogP contribution in [0, 0.1) is 5.82 Å². The normalized spacial score (nSPS) is 10.8. The highest BCUT2D eigenvalue weighted by Gasteiger charge is 2.06. The van der Waals surface area contributed by atoms with Gasteiger partial charge in [-0.15, -0.1) is 0 Å². The second-order valence-corrected chi connectivity index (χ2v) is 5.05. The summed E-state index contributed by atoms with van der Waals surface area (Å²) in [5.41, 5.74) is 1.28. The van der Waals surface area contributed by atoms with E-state index in [1.54, 1.807) is 12.3 Å². The van der Waals surface area contributed by atoms with Gasteiger partial charge in [0.05, 0.1) is 0 Å². The second kappa shape index (κ2) is 6.39. The molecule has 0 saturated carbocycles. The van der Waals surface area contributed by atoms with Crippen molar-refractivity contribution < 1.29 is 9.18 Å². The van der Waals surface area contributed by atoms with Gasteiger partial charge in [-0.1, -0.05) is 6.07 Å². The minimum absolute atomic E-state index is 0.255. The Labute approximate surface area is 127 Å². The lowest BCUT2D eigenvalue weighted by Crippen LogP contribution is -2.25. The molecule has 0 fully saturated rings. The number of carbonyl (C=O) groups is 1. The zero-order valence-corrected chi connectivity index (χ0v) is 12.0. The Morgan fingerprint density at radius 2 is 2.14 bits per heavy atom. The van der Waals surface area contributed by atoms with E-state index < -0.39 is 5.82 Å². The van der Waals surface area contributed by atoms with E-state index in [4.69, 9.17) is 0 Å². The van der Waals surface area contributed by atoms with Crippen LogP contribution in [0.15, 0.2) is 54.9 Å². The van der Waals surface area contributed by atoms with Crippen LogP contribution in [0.2, 0.25) is 0 Å². The van der Waals surface area contributed by atoms with Crippen LogP contribution in [0.5, 0.6) is 0 Å². The molecule has 112 valence electrons. The van der Waals surface area contributed by atoms with Crippen LogP contribution in [0.3, 0.4) is 0 Å². The molecule has 22 heavy (non-hydrogen) atoms. The van der Waals surface area contributed by atoms with Crippen LogP contribution < -0.4 is 5.32 Å². The van der Waals surface area contributed by atoms with Crippen LogP contribution in [0.1, 0.15) is 16.8 Å². The number of nitrogens with zero attached hydrogens (tertiary/aromatic N) is 2. The van der Waals surface area contributed by atoms with Gasteiger partial charge in [0.1, 0.15) is 11.5 Å². The van der Waals surface area contributed by atoms with E-state index in [1.165, 1.54) is 18.2 Å². The molecule has 0 saturated heterocycles. The van der Waals surface area contributed by atoms with E-state index >= 15 is 0 Å². The van der Waals surface area contributed by atoms with Gasteiger partial charge in [-0.25, -0.2) is 9.37 Å². The molecule has 3 rings (SSSR count). The fourth-order valence-corrected chi connectivity index (χ4v) is 2.38. The number of rotatable bonds is 5. The minimum Gasteiger partial charge on any atom is -0.352 e. The van der Waals surface area contributed by atoms with Gasteiger partial charge >= 0.3 is 0 Å². The van der Waals surface area contributed by atoms with E-state index in [0.29, 0.717) is 12.1 Å². The van der Waals surface area contributed by atoms with Crippen molar-refractivity contribution in [3.05, 3.63) is 66.2 Å². The van der Waals surface area contributed by atoms with E-state index in [2.05, 4.69) is 14.9 Å². The Hall–Kier alpha value is -2.69. The number of aryl methyl sites for hydroxylation is 1. The van der Waals surface area contributed by atoms with Crippen molar-refractivity contribution in [2.45, 2.75) is 13.0 Å². The lowest BCUT2D eigenvalue weighted by Gasteiger charge is -2.07. The summed E-state index contributed by atoms with van der Waals surface area (Å²) in [6.07, 6.45) is 4.54. The summed E-state index contributed by atoms with van der Waals surface area (Å²) in [5.74, 6) is -0.660. The Balaban J connectivity index is 1.52. The van der Waals surface area contributed by atoms with Crippen molar-refractivity contribution in [2.75, 3.05) is 6.54 Å². The van der Waals surface area contributed by atoms with Gasteiger partial charge < -0.3 is 9.88 Å². The van der Waals surface area contributed by atoms with Crippen LogP contribution in [-0.4, -0.2) is 22.0 Å². The SMILES string of the molecule is O=C(NCCCn1ccc2cccnc21)c1cccc(F)c1. The summed E-state index contributed by atoms with van der Waals surface area (Å²) in [5, 5.41) is 3.90. The van der Waals surface area contributed by atoms with Crippen molar-refractivity contribution in [2.24, 2.45) is 0 Å². The molecular weight excluding hydrogens is 281 g/mol. The quantitative estimate of drug-likeness (QED) is 0.736. The predicted octanol–water partition coefficient (Wildman–Crippen LogP) is 3.00. The number of carbonyl (C=O) groups excluding carboxylic acids is 1. The molecule has 0 radical (unpaired) electrons. The molecule has 1 N–H and O–H groups in total. The van der Waals surface area contributed by atoms with Crippen LogP contribution in [0.4, 0.5) is 4.39 Å². The Morgan fingerprint density at radius 3 is 3.00 bits per heavy atom. The highest BCUT2D eigenvalue weighted by molar-refractivity contribution is 5.94. The van der Waals surface area contributed by atoms with Gasteiger partial charge in [0.25, 0.3) is 5.91 Å². The number of fused-ring (bicyclic) bond motifs is 1. The summed E-state index contributed by atoms with van der Waals surface area (Å²) in [6.45, 7) is 1.30. The van der Waals surface area contributed by atoms with E-state index in [-0.39, 0.29) is 5.91 Å². The number of benzene rings is 1. The van der Waals surface area contributed by atoms with Crippen molar-refractivity contribution >= 4 is 16.9 Å². The maximum atomic E-state index is 13.1. The fourth-order valence-electron chi connectivity index (χ4n) is 2.38. The van der Waals surface area contributed by atoms with E-state index in [1.807, 2.05) is 24.4 Å². The highest BCUT2D eigenvalue weighted by atomic mass is 19.1. The van der Waals surface area contributed by atoms with Gasteiger partial charge in [0.2, 0.25) is 0 Å². The Bertz CT molecular complexity index is 797. The maximum Gasteiger partial charge on any atom is 0.251 e. The first kappa shape index (κ1) is 14.3. The smallest absolute Gasteiger partial charge is 0.251 e. The van der Waals surface area contributed by atoms with E-state index in [9.17, 15) is 9.18 Å². The summed E-state index contributed by atoms with van der Waals surface area (Å²) in [6, 6.07) is 11.6. The van der Waals surface area contributed by atoms with Gasteiger partial charge in [-0.3, -0.25) is 4.79 Å². The van der Waals surface area contributed by atoms with Gasteiger partial charge in [-0.2, -0.15) is 0 Å². The van der Waals surface area contributed by atoms with Gasteiger partial charge in [0, 0.05) is 36.4 Å². The third-order valence-electron chi connectivity index (χ3n) is 3.47. The molecule has 5 heteroatoms. The first-order valence-corrected chi connectivity index (χ1v) is 7.18. The lowest BCUT2D eigenvalue weighted by molar-refractivity contribution is 0.0952. The Kier molecular flexibility index (Phi) is 4.14. The van der Waals surface area contributed by atoms with Crippen molar-refractivity contribution in [1.29, 1.82) is 0 Å². The number of amides is 1. The van der Waals surface area contributed by atoms with Crippen LogP contribution in [0.25, 0.3) is 11.0 Å². The molecule has 0 aliphatic heterocycles. The van der Waals surface area contributed by atoms with Gasteiger partial charge in [0.15, 0.2) is 0 Å². The zero-order chi connectivity index (χ0) is 15.4. The van der Waals surface area contributed by atoms with Crippen molar-refractivity contribution in [1.82, 2.24) is 14.9 Å². The molecule has 1 aromatic carbocycles. The van der Waals surface area contributed by atoms with Crippen molar-refractivity contribution in [3.8, 4) is 0 Å². The summed E-state index contributed by atoms with van der Waals surface area (Å²) >= 11 is 0. The number of nitrogens with one attached hydrogen (secondary N) is 1. The lowest BCUT2D eigenvalue weighted by atomic mass is 10.2. The highest BCUT2D eigenvalue weighted by Crippen LogP contribution is 2.12. The second-order valence-electron chi connectivity index (χ2n) is 5.05. The number of hydrogen-bond donors (Lipinski definition) is 1. The molecule has 0 aliphatic carbocycles. The molecule has 2 aromatic heterocycles. The standard InChI is InChI=1S/C17H16FN3O/c18-15-6-1-4-14(12-15)17(22)20-9-3-10-21-11-7-13-5-2-8-19-16(13)21/h1-2,4-8,11-12H,3,9-10H2,(H,20,22). The first-order valence-electron chi connectivity index (χ1n) is 7.18. The molecule has 1 amide bonds. The number of halogens is 1. The number of pyridine rings is 1. The summed E-state index contributed by atoms with van der Waals surface area (Å²) < 4.78 is 15.1. The molecule has 0 bridgehead atoms. The fraction of sp³-hybridized carbons (Fsp3) is 0.176. The third kappa shape index (κ3) is 3.14. The monoisotopic (exact) mass is 297 g/mol. The molecule has 0 atom stereocenters. The average molecular weight is 297 g/mol. The molecular formula is C17H16FN3O. The largest absolute Gasteiger partial charge is 0.352 e. The molecule has 3 aromatic rings. The van der Waals surface area contributed by atoms with Crippen molar-refractivity contribution in [3.63, 3.8) is 0 Å². The van der Waals surface area contributed by atoms with Crippen LogP contribution in [-0.2, 0) is 6.54 Å². The molecule has 0 aliphatic rings. The predicted molar refractivity (Wildman–Crippen MR) is 83.1 cm³/mol. The summed E-state index contributed by atoms with van der Waals surface area (Å²) in [7, 11) is 0. The minimum atomic E-state index is -0.405. The van der Waals surface area contributed by atoms with E-state index in [0.717, 1.165) is 24.0 Å². The number of hydrogen-bond acceptors (Lipinski definition) is 2. The maximum absolute atomic E-state index is 13.1. The van der Waals surface area contributed by atoms with Crippen LogP contribution >= 0.6 is 0 Å². The third-order valence-corrected chi connectivity index (χ3v) is 3.47. The molecule has 2 heterocycles. The zero-order valence-electron chi connectivity index (χ0n) is 12.0. The topological polar surface area (TPSA) is 46.9 Å². The average Bonchev–Trinajstić information content (AvgIpc) is 2.95. The first-order chi connectivity index (χ1) is 10.7. The molecule has 0 unspecified atom stereocenters. The molecule has 0 spiro atoms.